The van der Waals surface area contributed by atoms with Gasteiger partial charge in [0.25, 0.3) is 5.69 Å². The summed E-state index contributed by atoms with van der Waals surface area (Å²) in [6, 6.07) is 3.11. The Morgan fingerprint density at radius 3 is 2.38 bits per heavy atom. The van der Waals surface area contributed by atoms with Gasteiger partial charge in [0, 0.05) is 12.1 Å². The van der Waals surface area contributed by atoms with Crippen LogP contribution < -0.4 is 5.73 Å². The molecule has 0 aliphatic heterocycles. The van der Waals surface area contributed by atoms with E-state index in [9.17, 15) is 23.3 Å². The largest absolute Gasteiger partial charge is 0.368 e. The average molecular weight is 311 g/mol. The number of rotatable bonds is 6. The minimum absolute atomic E-state index is 0.212. The van der Waals surface area contributed by atoms with Gasteiger partial charge in [-0.25, -0.2) is 8.42 Å². The molecule has 0 saturated heterocycles. The Morgan fingerprint density at radius 1 is 1.48 bits per heavy atom. The van der Waals surface area contributed by atoms with Gasteiger partial charge in [-0.2, -0.15) is 4.31 Å². The van der Waals surface area contributed by atoms with Crippen molar-refractivity contribution >= 4 is 21.6 Å². The summed E-state index contributed by atoms with van der Waals surface area (Å²) in [5.74, 6) is 1.29. The first-order chi connectivity index (χ1) is 9.71. The van der Waals surface area contributed by atoms with E-state index in [4.69, 9.17) is 12.2 Å². The van der Waals surface area contributed by atoms with Crippen LogP contribution in [0.5, 0.6) is 0 Å². The number of nitro benzene ring substituents is 1. The summed E-state index contributed by atoms with van der Waals surface area (Å²) in [7, 11) is -4.08. The Kier molecular flexibility index (Phi) is 5.02. The zero-order chi connectivity index (χ0) is 16.2. The van der Waals surface area contributed by atoms with Crippen molar-refractivity contribution in [2.24, 2.45) is 5.73 Å². The van der Waals surface area contributed by atoms with Crippen LogP contribution in [0.4, 0.5) is 5.69 Å². The molecule has 9 heteroatoms. The molecule has 0 aliphatic rings. The van der Waals surface area contributed by atoms with Crippen LogP contribution in [0.15, 0.2) is 29.2 Å². The van der Waals surface area contributed by atoms with Gasteiger partial charge < -0.3 is 5.73 Å². The monoisotopic (exact) mass is 311 g/mol. The Morgan fingerprint density at radius 2 is 2.00 bits per heavy atom. The molecule has 1 atom stereocenters. The lowest BCUT2D eigenvalue weighted by atomic mass is 10.3. The highest BCUT2D eigenvalue weighted by Crippen LogP contribution is 2.21. The second kappa shape index (κ2) is 6.34. The Bertz CT molecular complexity index is 691. The molecule has 0 spiro atoms. The average Bonchev–Trinajstić information content (AvgIpc) is 2.43. The van der Waals surface area contributed by atoms with Gasteiger partial charge in [-0.1, -0.05) is 5.92 Å². The van der Waals surface area contributed by atoms with Gasteiger partial charge in [0.15, 0.2) is 0 Å². The molecule has 0 fully saturated rings. The summed E-state index contributed by atoms with van der Waals surface area (Å²) < 4.78 is 25.6. The Balaban J connectivity index is 3.26. The zero-order valence-electron chi connectivity index (χ0n) is 11.1. The molecule has 21 heavy (non-hydrogen) atoms. The number of amides is 1. The summed E-state index contributed by atoms with van der Waals surface area (Å²) in [5.41, 5.74) is 4.85. The molecule has 0 heterocycles. The highest BCUT2D eigenvalue weighted by atomic mass is 32.2. The van der Waals surface area contributed by atoms with E-state index in [0.717, 1.165) is 28.6 Å². The van der Waals surface area contributed by atoms with Crippen LogP contribution in [0, 0.1) is 22.5 Å². The lowest BCUT2D eigenvalue weighted by molar-refractivity contribution is -0.384. The fraction of sp³-hybridized carbons (Fsp3) is 0.250. The number of nitrogens with zero attached hydrogens (tertiary/aromatic N) is 2. The number of sulfonamides is 1. The Labute approximate surface area is 121 Å². The molecule has 112 valence electrons. The first-order valence-electron chi connectivity index (χ1n) is 5.71. The van der Waals surface area contributed by atoms with Crippen molar-refractivity contribution in [1.29, 1.82) is 0 Å². The van der Waals surface area contributed by atoms with E-state index in [0.29, 0.717) is 0 Å². The fourth-order valence-electron chi connectivity index (χ4n) is 1.54. The maximum Gasteiger partial charge on any atom is 0.269 e. The van der Waals surface area contributed by atoms with E-state index in [-0.39, 0.29) is 17.1 Å². The van der Waals surface area contributed by atoms with Crippen molar-refractivity contribution in [2.45, 2.75) is 17.9 Å². The maximum atomic E-state index is 12.4. The van der Waals surface area contributed by atoms with Gasteiger partial charge in [0.05, 0.1) is 16.4 Å². The molecular weight excluding hydrogens is 298 g/mol. The minimum atomic E-state index is -4.08. The molecule has 0 unspecified atom stereocenters. The molecule has 0 aliphatic carbocycles. The summed E-state index contributed by atoms with van der Waals surface area (Å²) >= 11 is 0. The number of nitrogens with two attached hydrogens (primary N) is 1. The molecule has 0 saturated carbocycles. The van der Waals surface area contributed by atoms with Crippen molar-refractivity contribution in [3.8, 4) is 12.3 Å². The molecule has 0 radical (unpaired) electrons. The van der Waals surface area contributed by atoms with Gasteiger partial charge in [-0.15, -0.1) is 6.42 Å². The molecular formula is C12H13N3O5S. The number of benzene rings is 1. The smallest absolute Gasteiger partial charge is 0.269 e. The molecule has 1 aromatic rings. The number of non-ortho nitro benzene ring substituents is 1. The molecule has 1 aromatic carbocycles. The zero-order valence-corrected chi connectivity index (χ0v) is 11.9. The van der Waals surface area contributed by atoms with E-state index in [2.05, 4.69) is 5.92 Å². The van der Waals surface area contributed by atoms with Crippen LogP contribution in [0.25, 0.3) is 0 Å². The van der Waals surface area contributed by atoms with Gasteiger partial charge in [0.2, 0.25) is 15.9 Å². The predicted molar refractivity (Wildman–Crippen MR) is 74.5 cm³/mol. The molecule has 0 bridgehead atoms. The normalized spacial score (nSPS) is 12.6. The molecule has 1 amide bonds. The lowest BCUT2D eigenvalue weighted by Gasteiger charge is -2.24. The maximum absolute atomic E-state index is 12.4. The third kappa shape index (κ3) is 3.56. The summed E-state index contributed by atoms with van der Waals surface area (Å²) in [4.78, 5) is 20.9. The summed E-state index contributed by atoms with van der Waals surface area (Å²) in [6.07, 6.45) is 5.11. The molecule has 8 nitrogen and oxygen atoms in total. The highest BCUT2D eigenvalue weighted by Gasteiger charge is 2.31. The van der Waals surface area contributed by atoms with Crippen molar-refractivity contribution in [3.63, 3.8) is 0 Å². The van der Waals surface area contributed by atoms with E-state index in [1.165, 1.54) is 6.92 Å². The van der Waals surface area contributed by atoms with Crippen LogP contribution in [0.1, 0.15) is 6.92 Å². The van der Waals surface area contributed by atoms with Crippen molar-refractivity contribution in [2.75, 3.05) is 6.54 Å². The quantitative estimate of drug-likeness (QED) is 0.453. The number of hydrogen-bond donors (Lipinski definition) is 1. The number of hydrogen-bond acceptors (Lipinski definition) is 5. The predicted octanol–water partition coefficient (Wildman–Crippen LogP) is 0.0925. The summed E-state index contributed by atoms with van der Waals surface area (Å²) in [6.45, 7) is 0.964. The number of primary amides is 1. The van der Waals surface area contributed by atoms with Crippen molar-refractivity contribution < 1.29 is 18.1 Å². The Hall–Kier alpha value is -2.44. The number of carbonyl (C=O) groups excluding carboxylic acids is 1. The van der Waals surface area contributed by atoms with Crippen molar-refractivity contribution in [3.05, 3.63) is 34.4 Å². The fourth-order valence-corrected chi connectivity index (χ4v) is 3.05. The van der Waals surface area contributed by atoms with Crippen LogP contribution >= 0.6 is 0 Å². The van der Waals surface area contributed by atoms with Gasteiger partial charge in [-0.3, -0.25) is 14.9 Å². The first kappa shape index (κ1) is 16.6. The summed E-state index contributed by atoms with van der Waals surface area (Å²) in [5, 5.41) is 10.6. The van der Waals surface area contributed by atoms with Crippen LogP contribution in [-0.2, 0) is 14.8 Å². The first-order valence-corrected chi connectivity index (χ1v) is 7.15. The third-order valence-corrected chi connectivity index (χ3v) is 4.68. The second-order valence-corrected chi connectivity index (χ2v) is 5.97. The van der Waals surface area contributed by atoms with Gasteiger partial charge in [0.1, 0.15) is 6.04 Å². The van der Waals surface area contributed by atoms with Crippen LogP contribution in [-0.4, -0.2) is 36.1 Å². The van der Waals surface area contributed by atoms with Gasteiger partial charge in [-0.05, 0) is 19.1 Å². The minimum Gasteiger partial charge on any atom is -0.368 e. The van der Waals surface area contributed by atoms with Crippen LogP contribution in [0.2, 0.25) is 0 Å². The number of carbonyl (C=O) groups is 1. The second-order valence-electron chi connectivity index (χ2n) is 4.08. The van der Waals surface area contributed by atoms with E-state index in [1.54, 1.807) is 0 Å². The topological polar surface area (TPSA) is 124 Å². The third-order valence-electron chi connectivity index (χ3n) is 2.74. The highest BCUT2D eigenvalue weighted by molar-refractivity contribution is 7.89. The molecule has 0 aromatic heterocycles. The van der Waals surface area contributed by atoms with E-state index < -0.39 is 26.9 Å². The lowest BCUT2D eigenvalue weighted by Crippen LogP contribution is -2.46. The van der Waals surface area contributed by atoms with Crippen LogP contribution in [0.3, 0.4) is 0 Å². The standard InChI is InChI=1S/C12H13N3O5S/c1-3-8-14(9(2)12(13)16)21(19,20)11-6-4-10(5-7-11)15(17)18/h1,4-7,9H,8H2,2H3,(H2,13,16)/t9-/m0/s1. The van der Waals surface area contributed by atoms with E-state index in [1.807, 2.05) is 0 Å². The number of nitro groups is 1. The van der Waals surface area contributed by atoms with Crippen molar-refractivity contribution in [1.82, 2.24) is 4.31 Å². The van der Waals surface area contributed by atoms with Gasteiger partial charge >= 0.3 is 0 Å². The molecule has 2 N–H and O–H groups in total. The van der Waals surface area contributed by atoms with E-state index >= 15 is 0 Å². The molecule has 1 rings (SSSR count). The number of terminal acetylenes is 1. The SMILES string of the molecule is C#CCN([C@@H](C)C(N)=O)S(=O)(=O)c1ccc([N+](=O)[O-])cc1.